The van der Waals surface area contributed by atoms with Crippen LogP contribution in [0.5, 0.6) is 0 Å². The summed E-state index contributed by atoms with van der Waals surface area (Å²) < 4.78 is 1.58. The van der Waals surface area contributed by atoms with Crippen LogP contribution in [0.2, 0.25) is 0 Å². The summed E-state index contributed by atoms with van der Waals surface area (Å²) in [7, 11) is 1.73. The zero-order valence-corrected chi connectivity index (χ0v) is 14.6. The van der Waals surface area contributed by atoms with Gasteiger partial charge in [-0.3, -0.25) is 9.59 Å². The molecule has 1 aromatic carbocycles. The Kier molecular flexibility index (Phi) is 5.52. The van der Waals surface area contributed by atoms with Gasteiger partial charge in [-0.15, -0.1) is 0 Å². The minimum Gasteiger partial charge on any atom is -0.354 e. The van der Waals surface area contributed by atoms with E-state index in [0.29, 0.717) is 11.6 Å². The number of nitrogens with zero attached hydrogens (tertiary/aromatic N) is 3. The summed E-state index contributed by atoms with van der Waals surface area (Å²) in [6.45, 7) is 3.80. The molecule has 1 saturated heterocycles. The Labute approximate surface area is 145 Å². The van der Waals surface area contributed by atoms with Crippen molar-refractivity contribution in [2.24, 2.45) is 7.05 Å². The average molecular weight is 346 g/mol. The number of fused-ring (bicyclic) bond motifs is 1. The molecule has 7 heteroatoms. The molecule has 1 aliphatic heterocycles. The maximum absolute atomic E-state index is 12.3. The third kappa shape index (κ3) is 3.96. The van der Waals surface area contributed by atoms with E-state index in [0.717, 1.165) is 30.7 Å². The largest absolute Gasteiger partial charge is 0.354 e. The van der Waals surface area contributed by atoms with Gasteiger partial charge in [0.2, 0.25) is 5.91 Å². The second-order valence-corrected chi connectivity index (χ2v) is 6.92. The first kappa shape index (κ1) is 17.0. The van der Waals surface area contributed by atoms with Crippen molar-refractivity contribution in [2.45, 2.75) is 17.9 Å². The third-order valence-electron chi connectivity index (χ3n) is 4.24. The first-order valence-corrected chi connectivity index (χ1v) is 9.21. The van der Waals surface area contributed by atoms with E-state index in [4.69, 9.17) is 0 Å². The number of likely N-dealkylation sites (tertiary alicyclic amines) is 1. The predicted molar refractivity (Wildman–Crippen MR) is 96.4 cm³/mol. The minimum atomic E-state index is -0.163. The molecule has 128 valence electrons. The van der Waals surface area contributed by atoms with E-state index >= 15 is 0 Å². The molecule has 1 fully saturated rings. The summed E-state index contributed by atoms with van der Waals surface area (Å²) in [5, 5.41) is 3.28. The predicted octanol–water partition coefficient (Wildman–Crippen LogP) is 1.24. The Hall–Kier alpha value is -1.86. The van der Waals surface area contributed by atoms with E-state index in [1.54, 1.807) is 11.6 Å². The Balaban J connectivity index is 1.56. The molecule has 1 aromatic heterocycles. The van der Waals surface area contributed by atoms with Gasteiger partial charge in [-0.1, -0.05) is 23.9 Å². The topological polar surface area (TPSA) is 67.2 Å². The van der Waals surface area contributed by atoms with Crippen molar-refractivity contribution in [1.82, 2.24) is 19.8 Å². The van der Waals surface area contributed by atoms with Gasteiger partial charge >= 0.3 is 0 Å². The van der Waals surface area contributed by atoms with Crippen molar-refractivity contribution in [2.75, 3.05) is 31.9 Å². The molecule has 1 N–H and O–H groups in total. The highest BCUT2D eigenvalue weighted by atomic mass is 32.2. The van der Waals surface area contributed by atoms with Crippen molar-refractivity contribution >= 4 is 28.7 Å². The van der Waals surface area contributed by atoms with Crippen LogP contribution in [0.4, 0.5) is 0 Å². The number of nitrogens with one attached hydrogen (secondary N) is 1. The number of hydrogen-bond donors (Lipinski definition) is 1. The molecule has 0 bridgehead atoms. The normalized spacial score (nSPS) is 15.0. The van der Waals surface area contributed by atoms with E-state index in [-0.39, 0.29) is 17.2 Å². The standard InChI is InChI=1S/C17H22N4O2S/c1-20-14-7-3-2-6-13(14)19-16(17(20)23)24-12-15(22)18-8-11-21-9-4-5-10-21/h2-3,6-7H,4-5,8-12H2,1H3,(H,18,22). The number of thioether (sulfide) groups is 1. The second-order valence-electron chi connectivity index (χ2n) is 5.96. The van der Waals surface area contributed by atoms with Crippen LogP contribution >= 0.6 is 11.8 Å². The Bertz CT molecular complexity index is 784. The number of aromatic nitrogens is 2. The summed E-state index contributed by atoms with van der Waals surface area (Å²) in [4.78, 5) is 31.0. The Morgan fingerprint density at radius 3 is 2.83 bits per heavy atom. The van der Waals surface area contributed by atoms with Crippen LogP contribution in [0.1, 0.15) is 12.8 Å². The van der Waals surface area contributed by atoms with Gasteiger partial charge in [0.25, 0.3) is 5.56 Å². The molecule has 0 aliphatic carbocycles. The quantitative estimate of drug-likeness (QED) is 0.797. The van der Waals surface area contributed by atoms with Crippen molar-refractivity contribution in [3.8, 4) is 0 Å². The zero-order chi connectivity index (χ0) is 16.9. The number of para-hydroxylation sites is 2. The van der Waals surface area contributed by atoms with Gasteiger partial charge in [0, 0.05) is 20.1 Å². The summed E-state index contributed by atoms with van der Waals surface area (Å²) in [5.41, 5.74) is 1.39. The summed E-state index contributed by atoms with van der Waals surface area (Å²) in [6.07, 6.45) is 2.50. The minimum absolute atomic E-state index is 0.0591. The lowest BCUT2D eigenvalue weighted by Crippen LogP contribution is -2.34. The van der Waals surface area contributed by atoms with Gasteiger partial charge in [0.05, 0.1) is 16.8 Å². The molecule has 24 heavy (non-hydrogen) atoms. The van der Waals surface area contributed by atoms with Crippen LogP contribution in [-0.2, 0) is 11.8 Å². The zero-order valence-electron chi connectivity index (χ0n) is 13.8. The van der Waals surface area contributed by atoms with Gasteiger partial charge in [-0.25, -0.2) is 4.98 Å². The van der Waals surface area contributed by atoms with Gasteiger partial charge in [0.15, 0.2) is 5.03 Å². The Morgan fingerprint density at radius 2 is 2.04 bits per heavy atom. The van der Waals surface area contributed by atoms with Crippen LogP contribution < -0.4 is 10.9 Å². The highest BCUT2D eigenvalue weighted by molar-refractivity contribution is 7.99. The molecular formula is C17H22N4O2S. The lowest BCUT2D eigenvalue weighted by molar-refractivity contribution is -0.118. The number of benzene rings is 1. The van der Waals surface area contributed by atoms with Gasteiger partial charge in [-0.2, -0.15) is 0 Å². The summed E-state index contributed by atoms with van der Waals surface area (Å²) in [6, 6.07) is 7.50. The molecule has 2 aromatic rings. The molecule has 6 nitrogen and oxygen atoms in total. The number of carbonyl (C=O) groups is 1. The van der Waals surface area contributed by atoms with Crippen LogP contribution in [-0.4, -0.2) is 52.3 Å². The molecule has 0 radical (unpaired) electrons. The van der Waals surface area contributed by atoms with Crippen molar-refractivity contribution in [3.05, 3.63) is 34.6 Å². The first-order chi connectivity index (χ1) is 11.6. The Morgan fingerprint density at radius 1 is 1.29 bits per heavy atom. The SMILES string of the molecule is Cn1c(=O)c(SCC(=O)NCCN2CCCC2)nc2ccccc21. The van der Waals surface area contributed by atoms with Crippen molar-refractivity contribution in [3.63, 3.8) is 0 Å². The van der Waals surface area contributed by atoms with E-state index in [1.165, 1.54) is 24.6 Å². The highest BCUT2D eigenvalue weighted by Gasteiger charge is 2.13. The monoisotopic (exact) mass is 346 g/mol. The first-order valence-electron chi connectivity index (χ1n) is 8.23. The molecular weight excluding hydrogens is 324 g/mol. The molecule has 0 saturated carbocycles. The molecule has 0 spiro atoms. The lowest BCUT2D eigenvalue weighted by Gasteiger charge is -2.14. The number of hydrogen-bond acceptors (Lipinski definition) is 5. The fourth-order valence-corrected chi connectivity index (χ4v) is 3.68. The van der Waals surface area contributed by atoms with E-state index < -0.39 is 0 Å². The second kappa shape index (κ2) is 7.81. The molecule has 1 amide bonds. The number of carbonyl (C=O) groups excluding carboxylic acids is 1. The lowest BCUT2D eigenvalue weighted by atomic mass is 10.3. The maximum Gasteiger partial charge on any atom is 0.283 e. The maximum atomic E-state index is 12.3. The fraction of sp³-hybridized carbons (Fsp3) is 0.471. The van der Waals surface area contributed by atoms with Gasteiger partial charge < -0.3 is 14.8 Å². The summed E-state index contributed by atoms with van der Waals surface area (Å²) in [5.74, 6) is 0.150. The number of amides is 1. The molecule has 1 aliphatic rings. The fourth-order valence-electron chi connectivity index (χ4n) is 2.89. The molecule has 3 rings (SSSR count). The number of aryl methyl sites for hydroxylation is 1. The van der Waals surface area contributed by atoms with E-state index in [9.17, 15) is 9.59 Å². The summed E-state index contributed by atoms with van der Waals surface area (Å²) >= 11 is 1.20. The van der Waals surface area contributed by atoms with Gasteiger partial charge in [0.1, 0.15) is 0 Å². The molecule has 2 heterocycles. The van der Waals surface area contributed by atoms with Crippen LogP contribution in [0, 0.1) is 0 Å². The van der Waals surface area contributed by atoms with Crippen molar-refractivity contribution < 1.29 is 4.79 Å². The van der Waals surface area contributed by atoms with E-state index in [1.807, 2.05) is 24.3 Å². The van der Waals surface area contributed by atoms with Crippen LogP contribution in [0.25, 0.3) is 11.0 Å². The third-order valence-corrected chi connectivity index (χ3v) is 5.19. The average Bonchev–Trinajstić information content (AvgIpc) is 3.10. The highest BCUT2D eigenvalue weighted by Crippen LogP contribution is 2.15. The van der Waals surface area contributed by atoms with Gasteiger partial charge in [-0.05, 0) is 38.1 Å². The van der Waals surface area contributed by atoms with Crippen LogP contribution in [0.15, 0.2) is 34.1 Å². The van der Waals surface area contributed by atoms with Crippen molar-refractivity contribution in [1.29, 1.82) is 0 Å². The molecule has 0 unspecified atom stereocenters. The smallest absolute Gasteiger partial charge is 0.283 e. The molecule has 0 atom stereocenters. The van der Waals surface area contributed by atoms with Crippen LogP contribution in [0.3, 0.4) is 0 Å². The number of rotatable bonds is 6. The van der Waals surface area contributed by atoms with E-state index in [2.05, 4.69) is 15.2 Å².